The monoisotopic (exact) mass is 156 g/mol. The first-order valence-corrected chi connectivity index (χ1v) is 3.38. The zero-order valence-electron chi connectivity index (χ0n) is 6.10. The van der Waals surface area contributed by atoms with Crippen molar-refractivity contribution in [2.24, 2.45) is 23.7 Å². The smallest absolute Gasteiger partial charge is 0.0806 e. The molecule has 0 radical (unpaired) electrons. The van der Waals surface area contributed by atoms with Crippen LogP contribution in [0.1, 0.15) is 0 Å². The van der Waals surface area contributed by atoms with Crippen molar-refractivity contribution in [1.29, 1.82) is 21.0 Å². The number of hydrogen-bond donors (Lipinski definition) is 0. The summed E-state index contributed by atoms with van der Waals surface area (Å²) in [4.78, 5) is 0. The van der Waals surface area contributed by atoms with E-state index in [9.17, 15) is 0 Å². The number of rotatable bonds is 0. The fourth-order valence-corrected chi connectivity index (χ4v) is 1.39. The van der Waals surface area contributed by atoms with Crippen molar-refractivity contribution in [2.75, 3.05) is 0 Å². The fraction of sp³-hybridized carbons (Fsp3) is 0.500. The van der Waals surface area contributed by atoms with E-state index in [4.69, 9.17) is 21.0 Å². The molecular formula is C8H4N4. The third-order valence-electron chi connectivity index (χ3n) is 2.14. The number of nitrogens with zero attached hydrogens (tertiary/aromatic N) is 4. The molecule has 0 amide bonds. The third-order valence-corrected chi connectivity index (χ3v) is 2.14. The Morgan fingerprint density at radius 1 is 0.500 bits per heavy atom. The molecule has 0 unspecified atom stereocenters. The van der Waals surface area contributed by atoms with Gasteiger partial charge in [0.25, 0.3) is 0 Å². The van der Waals surface area contributed by atoms with Gasteiger partial charge in [-0.2, -0.15) is 21.0 Å². The van der Waals surface area contributed by atoms with Crippen molar-refractivity contribution >= 4 is 0 Å². The second-order valence-corrected chi connectivity index (χ2v) is 2.62. The van der Waals surface area contributed by atoms with Gasteiger partial charge < -0.3 is 0 Å². The number of nitriles is 4. The summed E-state index contributed by atoms with van der Waals surface area (Å²) in [7, 11) is 0. The largest absolute Gasteiger partial charge is 0.198 e. The van der Waals surface area contributed by atoms with Crippen LogP contribution in [0.5, 0.6) is 0 Å². The highest BCUT2D eigenvalue weighted by molar-refractivity contribution is 5.24. The summed E-state index contributed by atoms with van der Waals surface area (Å²) in [6.07, 6.45) is 0. The van der Waals surface area contributed by atoms with E-state index in [-0.39, 0.29) is 0 Å². The minimum atomic E-state index is -0.579. The lowest BCUT2D eigenvalue weighted by atomic mass is 9.59. The lowest BCUT2D eigenvalue weighted by Gasteiger charge is -2.36. The molecule has 0 aromatic carbocycles. The van der Waals surface area contributed by atoms with E-state index in [2.05, 4.69) is 0 Å². The summed E-state index contributed by atoms with van der Waals surface area (Å²) in [6.45, 7) is 0. The molecule has 0 aliphatic heterocycles. The van der Waals surface area contributed by atoms with Crippen LogP contribution in [0.3, 0.4) is 0 Å². The summed E-state index contributed by atoms with van der Waals surface area (Å²) in [6, 6.07) is 7.49. The number of hydrogen-bond acceptors (Lipinski definition) is 4. The van der Waals surface area contributed by atoms with Crippen LogP contribution >= 0.6 is 0 Å². The molecule has 4 nitrogen and oxygen atoms in total. The van der Waals surface area contributed by atoms with Crippen LogP contribution in [0.4, 0.5) is 0 Å². The highest BCUT2D eigenvalue weighted by atomic mass is 14.5. The molecule has 1 rings (SSSR count). The van der Waals surface area contributed by atoms with Crippen molar-refractivity contribution in [2.45, 2.75) is 0 Å². The van der Waals surface area contributed by atoms with E-state index in [1.165, 1.54) is 0 Å². The summed E-state index contributed by atoms with van der Waals surface area (Å²) in [5.74, 6) is -2.32. The summed E-state index contributed by atoms with van der Waals surface area (Å²) in [5.41, 5.74) is 0. The molecule has 0 bridgehead atoms. The average molecular weight is 156 g/mol. The predicted octanol–water partition coefficient (Wildman–Crippen LogP) is 0.559. The zero-order valence-corrected chi connectivity index (χ0v) is 6.10. The van der Waals surface area contributed by atoms with Gasteiger partial charge >= 0.3 is 0 Å². The Labute approximate surface area is 69.9 Å². The standard InChI is InChI=1S/C8H4N4/c9-1-5-6(2-10)8(4-12)7(5)3-11/h5-8H. The van der Waals surface area contributed by atoms with Gasteiger partial charge in [-0.3, -0.25) is 0 Å². The molecule has 0 spiro atoms. The minimum Gasteiger partial charge on any atom is -0.198 e. The molecule has 0 saturated heterocycles. The van der Waals surface area contributed by atoms with E-state index in [1.54, 1.807) is 0 Å². The topological polar surface area (TPSA) is 95.2 Å². The van der Waals surface area contributed by atoms with Crippen molar-refractivity contribution in [1.82, 2.24) is 0 Å². The van der Waals surface area contributed by atoms with Crippen LogP contribution in [0, 0.1) is 69.0 Å². The fourth-order valence-electron chi connectivity index (χ4n) is 1.39. The summed E-state index contributed by atoms with van der Waals surface area (Å²) in [5, 5.41) is 34.2. The van der Waals surface area contributed by atoms with E-state index in [0.29, 0.717) is 0 Å². The normalized spacial score (nSPS) is 37.7. The highest BCUT2D eigenvalue weighted by Gasteiger charge is 2.52. The first-order chi connectivity index (χ1) is 5.79. The van der Waals surface area contributed by atoms with Crippen LogP contribution in [-0.4, -0.2) is 0 Å². The van der Waals surface area contributed by atoms with Gasteiger partial charge in [0.2, 0.25) is 0 Å². The molecule has 0 heterocycles. The van der Waals surface area contributed by atoms with Crippen molar-refractivity contribution in [3.05, 3.63) is 0 Å². The van der Waals surface area contributed by atoms with Crippen LogP contribution in [-0.2, 0) is 0 Å². The maximum absolute atomic E-state index is 8.54. The lowest BCUT2D eigenvalue weighted by Crippen LogP contribution is -2.43. The van der Waals surface area contributed by atoms with Crippen LogP contribution < -0.4 is 0 Å². The van der Waals surface area contributed by atoms with Crippen molar-refractivity contribution in [3.8, 4) is 24.3 Å². The predicted molar refractivity (Wildman–Crippen MR) is 36.4 cm³/mol. The Balaban J connectivity index is 2.86. The second-order valence-electron chi connectivity index (χ2n) is 2.62. The van der Waals surface area contributed by atoms with Gasteiger partial charge in [0, 0.05) is 0 Å². The first-order valence-electron chi connectivity index (χ1n) is 3.38. The molecule has 1 saturated carbocycles. The van der Waals surface area contributed by atoms with Gasteiger partial charge in [0.05, 0.1) is 47.9 Å². The minimum absolute atomic E-state index is 0.579. The molecule has 4 heteroatoms. The molecule has 1 aliphatic rings. The Morgan fingerprint density at radius 2 is 0.667 bits per heavy atom. The second kappa shape index (κ2) is 2.91. The highest BCUT2D eigenvalue weighted by Crippen LogP contribution is 2.44. The molecular weight excluding hydrogens is 152 g/mol. The SMILES string of the molecule is N#CC1C(C#N)C(C#N)C1C#N. The zero-order chi connectivity index (χ0) is 9.14. The quantitative estimate of drug-likeness (QED) is 0.511. The maximum Gasteiger partial charge on any atom is 0.0806 e. The molecule has 12 heavy (non-hydrogen) atoms. The van der Waals surface area contributed by atoms with Gasteiger partial charge in [-0.1, -0.05) is 0 Å². The van der Waals surface area contributed by atoms with Crippen LogP contribution in [0.25, 0.3) is 0 Å². The van der Waals surface area contributed by atoms with E-state index >= 15 is 0 Å². The Bertz CT molecular complexity index is 265. The summed E-state index contributed by atoms with van der Waals surface area (Å²) >= 11 is 0. The van der Waals surface area contributed by atoms with Gasteiger partial charge in [-0.05, 0) is 0 Å². The lowest BCUT2D eigenvalue weighted by molar-refractivity contribution is 0.151. The van der Waals surface area contributed by atoms with Gasteiger partial charge in [0.1, 0.15) is 0 Å². The third kappa shape index (κ3) is 0.800. The van der Waals surface area contributed by atoms with E-state index < -0.39 is 23.7 Å². The van der Waals surface area contributed by atoms with E-state index in [1.807, 2.05) is 24.3 Å². The van der Waals surface area contributed by atoms with Gasteiger partial charge in [0.15, 0.2) is 0 Å². The molecule has 0 aromatic heterocycles. The molecule has 0 aromatic rings. The molecule has 1 aliphatic carbocycles. The molecule has 0 N–H and O–H groups in total. The summed E-state index contributed by atoms with van der Waals surface area (Å²) < 4.78 is 0. The molecule has 0 atom stereocenters. The Kier molecular flexibility index (Phi) is 1.96. The molecule has 56 valence electrons. The Hall–Kier alpha value is -2.04. The van der Waals surface area contributed by atoms with Crippen molar-refractivity contribution < 1.29 is 0 Å². The maximum atomic E-state index is 8.54. The van der Waals surface area contributed by atoms with Crippen LogP contribution in [0.15, 0.2) is 0 Å². The van der Waals surface area contributed by atoms with E-state index in [0.717, 1.165) is 0 Å². The molecule has 1 fully saturated rings. The van der Waals surface area contributed by atoms with Crippen molar-refractivity contribution in [3.63, 3.8) is 0 Å². The van der Waals surface area contributed by atoms with Gasteiger partial charge in [-0.25, -0.2) is 0 Å². The average Bonchev–Trinajstić information content (AvgIpc) is 2.05. The van der Waals surface area contributed by atoms with Crippen LogP contribution in [0.2, 0.25) is 0 Å². The Morgan fingerprint density at radius 3 is 0.750 bits per heavy atom. The first kappa shape index (κ1) is 8.06. The van der Waals surface area contributed by atoms with Gasteiger partial charge in [-0.15, -0.1) is 0 Å².